The Balaban J connectivity index is 0.00000162. The van der Waals surface area contributed by atoms with Crippen LogP contribution in [0.2, 0.25) is 0 Å². The minimum absolute atomic E-state index is 0. The molecule has 0 aromatic heterocycles. The molecule has 2 aromatic carbocycles. The van der Waals surface area contributed by atoms with Crippen molar-refractivity contribution < 1.29 is 5.11 Å². The van der Waals surface area contributed by atoms with E-state index in [4.69, 9.17) is 5.84 Å². The molecule has 0 saturated heterocycles. The number of nitrogens with one attached hydrogen (secondary N) is 1. The van der Waals surface area contributed by atoms with E-state index in [2.05, 4.69) is 5.43 Å². The molecule has 96 valence electrons. The van der Waals surface area contributed by atoms with E-state index in [0.29, 0.717) is 0 Å². The summed E-state index contributed by atoms with van der Waals surface area (Å²) in [6.07, 6.45) is 0. The van der Waals surface area contributed by atoms with Crippen LogP contribution < -0.4 is 11.3 Å². The number of nitrogens with two attached hydrogens (primary N) is 1. The van der Waals surface area contributed by atoms with Gasteiger partial charge in [-0.05, 0) is 11.1 Å². The van der Waals surface area contributed by atoms with Crippen molar-refractivity contribution in [2.75, 3.05) is 6.54 Å². The zero-order valence-corrected chi connectivity index (χ0v) is 10.7. The first-order chi connectivity index (χ1) is 8.27. The highest BCUT2D eigenvalue weighted by molar-refractivity contribution is 5.85. The van der Waals surface area contributed by atoms with E-state index < -0.39 is 5.60 Å². The minimum Gasteiger partial charge on any atom is -0.379 e. The summed E-state index contributed by atoms with van der Waals surface area (Å²) in [5.41, 5.74) is 3.10. The van der Waals surface area contributed by atoms with E-state index in [0.717, 1.165) is 11.1 Å². The van der Waals surface area contributed by atoms with Crippen LogP contribution in [0.4, 0.5) is 0 Å². The monoisotopic (exact) mass is 264 g/mol. The van der Waals surface area contributed by atoms with Gasteiger partial charge in [0.05, 0.1) is 0 Å². The molecule has 2 rings (SSSR count). The van der Waals surface area contributed by atoms with E-state index in [9.17, 15) is 5.11 Å². The predicted octanol–water partition coefficient (Wildman–Crippen LogP) is 1.81. The van der Waals surface area contributed by atoms with Crippen molar-refractivity contribution in [3.05, 3.63) is 71.8 Å². The fourth-order valence-electron chi connectivity index (χ4n) is 1.95. The molecule has 0 spiro atoms. The molecule has 4 N–H and O–H groups in total. The fourth-order valence-corrected chi connectivity index (χ4v) is 1.95. The molecule has 3 nitrogen and oxygen atoms in total. The van der Waals surface area contributed by atoms with Gasteiger partial charge in [-0.15, -0.1) is 12.4 Å². The van der Waals surface area contributed by atoms with E-state index in [-0.39, 0.29) is 19.0 Å². The van der Waals surface area contributed by atoms with Crippen molar-refractivity contribution in [3.8, 4) is 0 Å². The Hall–Kier alpha value is -1.39. The molecule has 0 atom stereocenters. The van der Waals surface area contributed by atoms with Gasteiger partial charge in [0.15, 0.2) is 0 Å². The topological polar surface area (TPSA) is 58.3 Å². The third-order valence-corrected chi connectivity index (χ3v) is 2.86. The van der Waals surface area contributed by atoms with Gasteiger partial charge >= 0.3 is 0 Å². The van der Waals surface area contributed by atoms with Gasteiger partial charge in [-0.2, -0.15) is 0 Å². The molecule has 0 bridgehead atoms. The first kappa shape index (κ1) is 14.7. The van der Waals surface area contributed by atoms with Crippen LogP contribution >= 0.6 is 12.4 Å². The zero-order chi connectivity index (χ0) is 12.1. The highest BCUT2D eigenvalue weighted by Gasteiger charge is 2.30. The normalized spacial score (nSPS) is 10.8. The second kappa shape index (κ2) is 6.52. The highest BCUT2D eigenvalue weighted by Crippen LogP contribution is 2.28. The maximum Gasteiger partial charge on any atom is 0.128 e. The lowest BCUT2D eigenvalue weighted by molar-refractivity contribution is 0.0802. The minimum atomic E-state index is -1.10. The molecule has 0 radical (unpaired) electrons. The molecule has 0 fully saturated rings. The molecular weight excluding hydrogens is 248 g/mol. The van der Waals surface area contributed by atoms with E-state index >= 15 is 0 Å². The number of hydrogen-bond donors (Lipinski definition) is 3. The van der Waals surface area contributed by atoms with Crippen LogP contribution in [0.25, 0.3) is 0 Å². The number of aliphatic hydroxyl groups is 1. The van der Waals surface area contributed by atoms with Crippen LogP contribution in [0, 0.1) is 0 Å². The molecule has 2 aromatic rings. The van der Waals surface area contributed by atoms with Crippen LogP contribution in [-0.4, -0.2) is 11.7 Å². The van der Waals surface area contributed by atoms with Gasteiger partial charge in [-0.1, -0.05) is 60.7 Å². The van der Waals surface area contributed by atoms with Crippen LogP contribution in [0.3, 0.4) is 0 Å². The summed E-state index contributed by atoms with van der Waals surface area (Å²) in [7, 11) is 0. The van der Waals surface area contributed by atoms with Gasteiger partial charge in [0.1, 0.15) is 5.60 Å². The molecule has 0 aliphatic carbocycles. The Kier molecular flexibility index (Phi) is 5.31. The third-order valence-electron chi connectivity index (χ3n) is 2.86. The molecular formula is C14H17ClN2O. The number of rotatable bonds is 4. The quantitative estimate of drug-likeness (QED) is 0.583. The summed E-state index contributed by atoms with van der Waals surface area (Å²) in [5, 5.41) is 10.8. The Morgan fingerprint density at radius 2 is 1.28 bits per heavy atom. The Morgan fingerprint density at radius 1 is 0.889 bits per heavy atom. The summed E-state index contributed by atoms with van der Waals surface area (Å²) in [6.45, 7) is 0.265. The van der Waals surface area contributed by atoms with E-state index in [1.54, 1.807) is 0 Å². The van der Waals surface area contributed by atoms with Crippen molar-refractivity contribution in [2.24, 2.45) is 5.84 Å². The molecule has 18 heavy (non-hydrogen) atoms. The number of hydrogen-bond acceptors (Lipinski definition) is 3. The smallest absolute Gasteiger partial charge is 0.128 e. The second-order valence-electron chi connectivity index (χ2n) is 3.97. The number of halogens is 1. The van der Waals surface area contributed by atoms with E-state index in [1.807, 2.05) is 60.7 Å². The fraction of sp³-hybridized carbons (Fsp3) is 0.143. The van der Waals surface area contributed by atoms with Crippen molar-refractivity contribution in [1.29, 1.82) is 0 Å². The number of hydrazine groups is 1. The molecule has 0 amide bonds. The summed E-state index contributed by atoms with van der Waals surface area (Å²) in [6, 6.07) is 19.0. The third kappa shape index (κ3) is 2.89. The van der Waals surface area contributed by atoms with Gasteiger partial charge in [0.25, 0.3) is 0 Å². The maximum absolute atomic E-state index is 10.8. The van der Waals surface area contributed by atoms with Crippen LogP contribution in [-0.2, 0) is 5.60 Å². The van der Waals surface area contributed by atoms with Gasteiger partial charge in [-0.3, -0.25) is 11.3 Å². The SMILES string of the molecule is Cl.NNCC(O)(c1ccccc1)c1ccccc1. The van der Waals surface area contributed by atoms with Gasteiger partial charge < -0.3 is 5.11 Å². The van der Waals surface area contributed by atoms with Crippen LogP contribution in [0.1, 0.15) is 11.1 Å². The van der Waals surface area contributed by atoms with Crippen molar-refractivity contribution >= 4 is 12.4 Å². The lowest BCUT2D eigenvalue weighted by atomic mass is 9.86. The first-order valence-electron chi connectivity index (χ1n) is 5.54. The number of benzene rings is 2. The van der Waals surface area contributed by atoms with Crippen LogP contribution in [0.5, 0.6) is 0 Å². The summed E-state index contributed by atoms with van der Waals surface area (Å²) in [4.78, 5) is 0. The molecule has 0 aliphatic rings. The summed E-state index contributed by atoms with van der Waals surface area (Å²) >= 11 is 0. The second-order valence-corrected chi connectivity index (χ2v) is 3.97. The largest absolute Gasteiger partial charge is 0.379 e. The zero-order valence-electron chi connectivity index (χ0n) is 9.91. The highest BCUT2D eigenvalue weighted by atomic mass is 35.5. The standard InChI is InChI=1S/C14H16N2O.ClH/c15-16-11-14(17,12-7-3-1-4-8-12)13-9-5-2-6-10-13;/h1-10,16-17H,11,15H2;1H. The van der Waals surface area contributed by atoms with Crippen molar-refractivity contribution in [3.63, 3.8) is 0 Å². The van der Waals surface area contributed by atoms with Gasteiger partial charge in [-0.25, -0.2) is 0 Å². The van der Waals surface area contributed by atoms with Crippen molar-refractivity contribution in [2.45, 2.75) is 5.60 Å². The van der Waals surface area contributed by atoms with Crippen molar-refractivity contribution in [1.82, 2.24) is 5.43 Å². The molecule has 0 aliphatic heterocycles. The lowest BCUT2D eigenvalue weighted by Gasteiger charge is -2.29. The molecule has 4 heteroatoms. The lowest BCUT2D eigenvalue weighted by Crippen LogP contribution is -2.42. The summed E-state index contributed by atoms with van der Waals surface area (Å²) in [5.74, 6) is 5.38. The first-order valence-corrected chi connectivity index (χ1v) is 5.54. The molecule has 0 heterocycles. The average molecular weight is 265 g/mol. The Morgan fingerprint density at radius 3 is 1.61 bits per heavy atom. The maximum atomic E-state index is 10.8. The Labute approximate surface area is 113 Å². The van der Waals surface area contributed by atoms with Crippen LogP contribution in [0.15, 0.2) is 60.7 Å². The summed E-state index contributed by atoms with van der Waals surface area (Å²) < 4.78 is 0. The Bertz CT molecular complexity index is 422. The average Bonchev–Trinajstić information content (AvgIpc) is 2.41. The van der Waals surface area contributed by atoms with Gasteiger partial charge in [0, 0.05) is 6.54 Å². The predicted molar refractivity (Wildman–Crippen MR) is 75.3 cm³/mol. The van der Waals surface area contributed by atoms with E-state index in [1.165, 1.54) is 0 Å². The molecule has 0 saturated carbocycles. The van der Waals surface area contributed by atoms with Gasteiger partial charge in [0.2, 0.25) is 0 Å². The molecule has 0 unspecified atom stereocenters.